The van der Waals surface area contributed by atoms with E-state index in [0.29, 0.717) is 17.2 Å². The van der Waals surface area contributed by atoms with Gasteiger partial charge in [-0.2, -0.15) is 0 Å². The zero-order valence-electron chi connectivity index (χ0n) is 16.0. The normalized spacial score (nSPS) is 21.6. The van der Waals surface area contributed by atoms with E-state index >= 15 is 0 Å². The van der Waals surface area contributed by atoms with Gasteiger partial charge in [0.25, 0.3) is 0 Å². The van der Waals surface area contributed by atoms with Gasteiger partial charge < -0.3 is 9.64 Å². The van der Waals surface area contributed by atoms with Crippen LogP contribution >= 0.6 is 27.7 Å². The molecule has 7 heteroatoms. The number of ether oxygens (including phenoxy) is 1. The SMILES string of the molecule is CCOC(=O)C1=CSC(=Nc2ccccc2)C12C(=O)N(CC)c1cc(Br)ccc12. The fourth-order valence-corrected chi connectivity index (χ4v) is 5.29. The molecule has 0 saturated heterocycles. The summed E-state index contributed by atoms with van der Waals surface area (Å²) in [6.45, 7) is 4.40. The maximum Gasteiger partial charge on any atom is 0.336 e. The van der Waals surface area contributed by atoms with Crippen molar-refractivity contribution in [2.75, 3.05) is 18.1 Å². The second-order valence-electron chi connectivity index (χ2n) is 6.58. The van der Waals surface area contributed by atoms with Crippen molar-refractivity contribution in [2.24, 2.45) is 4.99 Å². The molecule has 1 unspecified atom stereocenters. The minimum absolute atomic E-state index is 0.174. The number of rotatable bonds is 4. The Labute approximate surface area is 182 Å². The molecule has 148 valence electrons. The van der Waals surface area contributed by atoms with Crippen LogP contribution in [-0.4, -0.2) is 30.1 Å². The number of likely N-dealkylation sites (N-methyl/N-ethyl adjacent to an activating group) is 1. The Hall–Kier alpha value is -2.38. The Morgan fingerprint density at radius 3 is 2.66 bits per heavy atom. The average Bonchev–Trinajstić information content (AvgIpc) is 3.20. The molecular weight excluding hydrogens is 452 g/mol. The summed E-state index contributed by atoms with van der Waals surface area (Å²) in [4.78, 5) is 33.2. The van der Waals surface area contributed by atoms with Crippen molar-refractivity contribution in [1.82, 2.24) is 0 Å². The van der Waals surface area contributed by atoms with Crippen LogP contribution < -0.4 is 4.90 Å². The van der Waals surface area contributed by atoms with Crippen LogP contribution in [0.25, 0.3) is 0 Å². The van der Waals surface area contributed by atoms with E-state index in [1.165, 1.54) is 11.8 Å². The van der Waals surface area contributed by atoms with Crippen molar-refractivity contribution in [1.29, 1.82) is 0 Å². The number of nitrogens with zero attached hydrogens (tertiary/aromatic N) is 2. The minimum atomic E-state index is -1.28. The first kappa shape index (κ1) is 19.9. The van der Waals surface area contributed by atoms with Crippen LogP contribution in [-0.2, 0) is 19.7 Å². The standard InChI is InChI=1S/C22H19BrN2O3S/c1-3-25-18-12-14(23)10-11-16(18)22(21(25)27)17(19(26)28-4-2)13-29-20(22)24-15-8-6-5-7-9-15/h5-13H,3-4H2,1-2H3. The third kappa shape index (κ3) is 3.04. The van der Waals surface area contributed by atoms with Crippen molar-refractivity contribution in [3.05, 3.63) is 69.5 Å². The van der Waals surface area contributed by atoms with Gasteiger partial charge in [-0.15, -0.1) is 0 Å². The first-order chi connectivity index (χ1) is 14.0. The van der Waals surface area contributed by atoms with Crippen LogP contribution in [0.15, 0.2) is 69.0 Å². The number of benzene rings is 2. The lowest BCUT2D eigenvalue weighted by Crippen LogP contribution is -2.46. The lowest BCUT2D eigenvalue weighted by atomic mass is 9.76. The van der Waals surface area contributed by atoms with Gasteiger partial charge in [0.15, 0.2) is 5.41 Å². The Morgan fingerprint density at radius 2 is 1.97 bits per heavy atom. The third-order valence-corrected chi connectivity index (χ3v) is 6.50. The summed E-state index contributed by atoms with van der Waals surface area (Å²) >= 11 is 4.80. The Kier molecular flexibility index (Phi) is 5.36. The molecule has 0 N–H and O–H groups in total. The second kappa shape index (κ2) is 7.80. The molecule has 2 aliphatic rings. The van der Waals surface area contributed by atoms with E-state index in [2.05, 4.69) is 15.9 Å². The lowest BCUT2D eigenvalue weighted by molar-refractivity contribution is -0.140. The van der Waals surface area contributed by atoms with Crippen LogP contribution in [0, 0.1) is 0 Å². The highest BCUT2D eigenvalue weighted by Gasteiger charge is 2.61. The minimum Gasteiger partial charge on any atom is -0.463 e. The summed E-state index contributed by atoms with van der Waals surface area (Å²) in [6, 6.07) is 15.2. The molecule has 2 aromatic carbocycles. The molecule has 2 aromatic rings. The number of anilines is 1. The smallest absolute Gasteiger partial charge is 0.336 e. The summed E-state index contributed by atoms with van der Waals surface area (Å²) in [5.41, 5.74) is 1.31. The molecule has 1 spiro atoms. The fraction of sp³-hybridized carbons (Fsp3) is 0.227. The Morgan fingerprint density at radius 1 is 1.21 bits per heavy atom. The number of fused-ring (bicyclic) bond motifs is 2. The summed E-state index contributed by atoms with van der Waals surface area (Å²) in [6.07, 6.45) is 0. The highest BCUT2D eigenvalue weighted by atomic mass is 79.9. The Bertz CT molecular complexity index is 1050. The molecular formula is C22H19BrN2O3S. The van der Waals surface area contributed by atoms with E-state index in [9.17, 15) is 9.59 Å². The number of para-hydroxylation sites is 1. The van der Waals surface area contributed by atoms with Gasteiger partial charge in [-0.1, -0.05) is 52.0 Å². The van der Waals surface area contributed by atoms with Crippen molar-refractivity contribution in [2.45, 2.75) is 19.3 Å². The number of halogens is 1. The van der Waals surface area contributed by atoms with Gasteiger partial charge in [0.2, 0.25) is 5.91 Å². The quantitative estimate of drug-likeness (QED) is 0.591. The molecule has 2 aliphatic heterocycles. The van der Waals surface area contributed by atoms with Gasteiger partial charge in [0.1, 0.15) is 5.04 Å². The van der Waals surface area contributed by atoms with E-state index in [4.69, 9.17) is 9.73 Å². The van der Waals surface area contributed by atoms with Gasteiger partial charge in [-0.25, -0.2) is 9.79 Å². The van der Waals surface area contributed by atoms with Gasteiger partial charge in [0.05, 0.1) is 17.9 Å². The van der Waals surface area contributed by atoms with Gasteiger partial charge in [-0.3, -0.25) is 4.79 Å². The highest BCUT2D eigenvalue weighted by Crippen LogP contribution is 2.54. The van der Waals surface area contributed by atoms with E-state index in [1.807, 2.05) is 55.5 Å². The predicted molar refractivity (Wildman–Crippen MR) is 120 cm³/mol. The molecule has 2 heterocycles. The topological polar surface area (TPSA) is 59.0 Å². The Balaban J connectivity index is 1.98. The van der Waals surface area contributed by atoms with Crippen molar-refractivity contribution < 1.29 is 14.3 Å². The molecule has 0 bridgehead atoms. The van der Waals surface area contributed by atoms with E-state index in [1.54, 1.807) is 17.2 Å². The van der Waals surface area contributed by atoms with E-state index in [0.717, 1.165) is 21.4 Å². The first-order valence-electron chi connectivity index (χ1n) is 9.34. The highest BCUT2D eigenvalue weighted by molar-refractivity contribution is 9.10. The van der Waals surface area contributed by atoms with Crippen molar-refractivity contribution in [3.63, 3.8) is 0 Å². The van der Waals surface area contributed by atoms with Crippen LogP contribution in [0.5, 0.6) is 0 Å². The van der Waals surface area contributed by atoms with Crippen LogP contribution in [0.4, 0.5) is 11.4 Å². The summed E-state index contributed by atoms with van der Waals surface area (Å²) in [5, 5.41) is 2.28. The number of aliphatic imine (C=N–C) groups is 1. The summed E-state index contributed by atoms with van der Waals surface area (Å²) < 4.78 is 6.18. The molecule has 1 atom stereocenters. The molecule has 0 fully saturated rings. The molecule has 4 rings (SSSR count). The third-order valence-electron chi connectivity index (χ3n) is 5.03. The van der Waals surface area contributed by atoms with Crippen LogP contribution in [0.1, 0.15) is 19.4 Å². The number of hydrogen-bond donors (Lipinski definition) is 0. The maximum atomic E-state index is 13.8. The zero-order valence-corrected chi connectivity index (χ0v) is 18.4. The largest absolute Gasteiger partial charge is 0.463 e. The molecule has 0 radical (unpaired) electrons. The monoisotopic (exact) mass is 470 g/mol. The zero-order chi connectivity index (χ0) is 20.6. The number of carbonyl (C=O) groups is 2. The number of hydrogen-bond acceptors (Lipinski definition) is 5. The van der Waals surface area contributed by atoms with E-state index in [-0.39, 0.29) is 12.5 Å². The molecule has 29 heavy (non-hydrogen) atoms. The molecule has 1 amide bonds. The summed E-state index contributed by atoms with van der Waals surface area (Å²) in [5.74, 6) is -0.662. The van der Waals surface area contributed by atoms with E-state index < -0.39 is 11.4 Å². The van der Waals surface area contributed by atoms with Crippen LogP contribution in [0.3, 0.4) is 0 Å². The molecule has 5 nitrogen and oxygen atoms in total. The predicted octanol–water partition coefficient (Wildman–Crippen LogP) is 4.98. The number of amides is 1. The van der Waals surface area contributed by atoms with Crippen molar-refractivity contribution >= 4 is 56.0 Å². The lowest BCUT2D eigenvalue weighted by Gasteiger charge is -2.26. The van der Waals surface area contributed by atoms with Crippen LogP contribution in [0.2, 0.25) is 0 Å². The molecule has 0 saturated carbocycles. The molecule has 0 aromatic heterocycles. The van der Waals surface area contributed by atoms with Crippen molar-refractivity contribution in [3.8, 4) is 0 Å². The average molecular weight is 471 g/mol. The van der Waals surface area contributed by atoms with Gasteiger partial charge >= 0.3 is 5.97 Å². The summed E-state index contributed by atoms with van der Waals surface area (Å²) in [7, 11) is 0. The van der Waals surface area contributed by atoms with Gasteiger partial charge in [0, 0.05) is 22.3 Å². The molecule has 0 aliphatic carbocycles. The number of carbonyl (C=O) groups excluding carboxylic acids is 2. The second-order valence-corrected chi connectivity index (χ2v) is 8.36. The number of thioether (sulfide) groups is 1. The fourth-order valence-electron chi connectivity index (χ4n) is 3.80. The maximum absolute atomic E-state index is 13.8. The first-order valence-corrected chi connectivity index (χ1v) is 11.0. The van der Waals surface area contributed by atoms with Gasteiger partial charge in [-0.05, 0) is 43.5 Å². The number of esters is 1.